The van der Waals surface area contributed by atoms with Crippen LogP contribution in [-0.2, 0) is 0 Å². The normalized spacial score (nSPS) is 12.5. The lowest BCUT2D eigenvalue weighted by molar-refractivity contribution is 0.572. The summed E-state index contributed by atoms with van der Waals surface area (Å²) < 4.78 is 9.11. The van der Waals surface area contributed by atoms with E-state index in [1.165, 1.54) is 10.8 Å². The largest absolute Gasteiger partial charge is 0.453 e. The quantitative estimate of drug-likeness (QED) is 0.184. The molecule has 4 nitrogen and oxygen atoms in total. The van der Waals surface area contributed by atoms with Gasteiger partial charge in [-0.2, -0.15) is 5.26 Å². The van der Waals surface area contributed by atoms with Gasteiger partial charge in [-0.25, -0.2) is 4.99 Å². The Morgan fingerprint density at radius 1 is 0.681 bits per heavy atom. The molecule has 0 N–H and O–H groups in total. The molecule has 0 atom stereocenters. The highest BCUT2D eigenvalue weighted by Crippen LogP contribution is 2.34. The van der Waals surface area contributed by atoms with Crippen LogP contribution in [0.2, 0.25) is 0 Å². The molecule has 0 aliphatic carbocycles. The van der Waals surface area contributed by atoms with Crippen LogP contribution in [0.5, 0.6) is 0 Å². The first-order valence-electron chi connectivity index (χ1n) is 15.6. The summed E-state index contributed by atoms with van der Waals surface area (Å²) >= 11 is 0. The lowest BCUT2D eigenvalue weighted by Gasteiger charge is -2.10. The fourth-order valence-electron chi connectivity index (χ4n) is 6.50. The molecule has 8 aromatic rings. The standard InChI is InChI=1S/C43H29N3O/c1-28-35-21-12-22-36(32-16-11-18-34(26-32)46-39-23-8-6-19-37(39)38-20-7-9-24-40(38)46)43(35)47-42(28)41(33-17-10-13-30(25-33)27-44)45-29(2)31-14-4-3-5-15-31/h3-26H,1H2,2H3/b42-41+,45-29?. The number of hydrogen-bond donors (Lipinski definition) is 0. The topological polar surface area (TPSA) is 54.2 Å². The Morgan fingerprint density at radius 2 is 1.32 bits per heavy atom. The van der Waals surface area contributed by atoms with Gasteiger partial charge in [-0.1, -0.05) is 116 Å². The number of benzene rings is 6. The van der Waals surface area contributed by atoms with Crippen LogP contribution in [0, 0.1) is 11.3 Å². The molecule has 0 fully saturated rings. The fourth-order valence-corrected chi connectivity index (χ4v) is 6.50. The summed E-state index contributed by atoms with van der Waals surface area (Å²) in [6.45, 7) is 6.47. The maximum atomic E-state index is 9.68. The summed E-state index contributed by atoms with van der Waals surface area (Å²) in [7, 11) is 0. The van der Waals surface area contributed by atoms with Crippen molar-refractivity contribution in [3.63, 3.8) is 0 Å². The number of fused-ring (bicyclic) bond motifs is 4. The fraction of sp³-hybridized carbons (Fsp3) is 0.0233. The zero-order valence-corrected chi connectivity index (χ0v) is 25.8. The predicted octanol–water partition coefficient (Wildman–Crippen LogP) is 9.14. The highest BCUT2D eigenvalue weighted by molar-refractivity contribution is 6.09. The monoisotopic (exact) mass is 603 g/mol. The van der Waals surface area contributed by atoms with E-state index in [1.54, 1.807) is 6.07 Å². The molecule has 0 saturated carbocycles. The second-order valence-corrected chi connectivity index (χ2v) is 11.6. The van der Waals surface area contributed by atoms with E-state index >= 15 is 0 Å². The van der Waals surface area contributed by atoms with E-state index in [-0.39, 0.29) is 0 Å². The van der Waals surface area contributed by atoms with Gasteiger partial charge in [0, 0.05) is 43.9 Å². The number of aliphatic imine (C=N–C) groups is 1. The van der Waals surface area contributed by atoms with Gasteiger partial charge < -0.3 is 8.98 Å². The maximum absolute atomic E-state index is 9.68. The molecule has 222 valence electrons. The summed E-state index contributed by atoms with van der Waals surface area (Å²) in [4.78, 5) is 5.11. The SMILES string of the molecule is C=c1/c(=C(\N=C(C)c2ccccc2)c2cccc(C#N)c2)oc2c(-c3cccc(-n4c5ccccc5c5ccccc54)c3)cccc12. The molecule has 0 spiro atoms. The molecule has 0 unspecified atom stereocenters. The second-order valence-electron chi connectivity index (χ2n) is 11.6. The Labute approximate surface area is 272 Å². The molecule has 0 radical (unpaired) electrons. The molecule has 0 saturated heterocycles. The maximum Gasteiger partial charge on any atom is 0.161 e. The molecule has 8 rings (SSSR count). The Kier molecular flexibility index (Phi) is 6.86. The average Bonchev–Trinajstić information content (AvgIpc) is 3.65. The third-order valence-electron chi connectivity index (χ3n) is 8.77. The third kappa shape index (κ3) is 4.82. The highest BCUT2D eigenvalue weighted by Gasteiger charge is 2.16. The Morgan fingerprint density at radius 3 is 2.06 bits per heavy atom. The second kappa shape index (κ2) is 11.5. The van der Waals surface area contributed by atoms with Gasteiger partial charge in [-0.3, -0.25) is 0 Å². The van der Waals surface area contributed by atoms with Gasteiger partial charge >= 0.3 is 0 Å². The summed E-state index contributed by atoms with van der Waals surface area (Å²) in [6, 6.07) is 51.6. The van der Waals surface area contributed by atoms with Crippen LogP contribution in [-0.4, -0.2) is 10.3 Å². The van der Waals surface area contributed by atoms with Crippen molar-refractivity contribution >= 4 is 50.8 Å². The molecule has 2 aromatic heterocycles. The Bertz CT molecular complexity index is 2620. The molecule has 6 aromatic carbocycles. The lowest BCUT2D eigenvalue weighted by Crippen LogP contribution is -2.22. The van der Waals surface area contributed by atoms with Gasteiger partial charge in [0.25, 0.3) is 0 Å². The van der Waals surface area contributed by atoms with Crippen molar-refractivity contribution in [1.29, 1.82) is 5.26 Å². The minimum Gasteiger partial charge on any atom is -0.453 e. The minimum absolute atomic E-state index is 0.553. The van der Waals surface area contributed by atoms with Crippen LogP contribution >= 0.6 is 0 Å². The van der Waals surface area contributed by atoms with Gasteiger partial charge in [0.1, 0.15) is 11.3 Å². The summed E-state index contributed by atoms with van der Waals surface area (Å²) in [5, 5.41) is 13.8. The molecule has 0 bridgehead atoms. The molecule has 2 heterocycles. The van der Waals surface area contributed by atoms with Crippen LogP contribution in [0.3, 0.4) is 0 Å². The van der Waals surface area contributed by atoms with Crippen molar-refractivity contribution in [2.24, 2.45) is 4.99 Å². The van der Waals surface area contributed by atoms with Crippen molar-refractivity contribution in [3.8, 4) is 22.9 Å². The van der Waals surface area contributed by atoms with Crippen LogP contribution in [0.4, 0.5) is 0 Å². The summed E-state index contributed by atoms with van der Waals surface area (Å²) in [6.07, 6.45) is 0. The number of hydrogen-bond acceptors (Lipinski definition) is 3. The highest BCUT2D eigenvalue weighted by atomic mass is 16.3. The van der Waals surface area contributed by atoms with E-state index in [9.17, 15) is 5.26 Å². The van der Waals surface area contributed by atoms with E-state index in [1.807, 2.05) is 67.6 Å². The van der Waals surface area contributed by atoms with Gasteiger partial charge in [0.05, 0.1) is 22.7 Å². The number of para-hydroxylation sites is 3. The molecule has 4 heteroatoms. The van der Waals surface area contributed by atoms with Crippen LogP contribution in [0.15, 0.2) is 155 Å². The minimum atomic E-state index is 0.553. The van der Waals surface area contributed by atoms with Crippen molar-refractivity contribution in [3.05, 3.63) is 173 Å². The van der Waals surface area contributed by atoms with Crippen LogP contribution < -0.4 is 10.6 Å². The van der Waals surface area contributed by atoms with E-state index in [4.69, 9.17) is 9.41 Å². The molecular formula is C43H29N3O. The molecule has 0 amide bonds. The predicted molar refractivity (Wildman–Crippen MR) is 193 cm³/mol. The lowest BCUT2D eigenvalue weighted by atomic mass is 10.0. The first kappa shape index (κ1) is 28.1. The average molecular weight is 604 g/mol. The van der Waals surface area contributed by atoms with Gasteiger partial charge in [0.2, 0.25) is 0 Å². The summed E-state index contributed by atoms with van der Waals surface area (Å²) in [5.41, 5.74) is 10.5. The molecule has 0 aliphatic heterocycles. The smallest absolute Gasteiger partial charge is 0.161 e. The number of nitriles is 1. The van der Waals surface area contributed by atoms with E-state index in [0.717, 1.165) is 60.9 Å². The summed E-state index contributed by atoms with van der Waals surface area (Å²) in [5.74, 6) is 0. The number of aromatic nitrogens is 1. The number of rotatable bonds is 5. The zero-order valence-electron chi connectivity index (χ0n) is 25.8. The van der Waals surface area contributed by atoms with E-state index < -0.39 is 0 Å². The van der Waals surface area contributed by atoms with Crippen LogP contribution in [0.1, 0.15) is 23.6 Å². The Hall–Kier alpha value is -6.44. The van der Waals surface area contributed by atoms with Crippen molar-refractivity contribution < 1.29 is 4.42 Å². The van der Waals surface area contributed by atoms with Gasteiger partial charge in [-0.15, -0.1) is 0 Å². The third-order valence-corrected chi connectivity index (χ3v) is 8.77. The first-order chi connectivity index (χ1) is 23.1. The van der Waals surface area contributed by atoms with Crippen LogP contribution in [0.25, 0.3) is 61.9 Å². The molecule has 47 heavy (non-hydrogen) atoms. The van der Waals surface area contributed by atoms with E-state index in [2.05, 4.69) is 96.1 Å². The van der Waals surface area contributed by atoms with Gasteiger partial charge in [-0.05, 0) is 54.4 Å². The van der Waals surface area contributed by atoms with E-state index in [0.29, 0.717) is 16.7 Å². The molecule has 0 aliphatic rings. The van der Waals surface area contributed by atoms with Crippen molar-refractivity contribution in [2.45, 2.75) is 6.92 Å². The zero-order chi connectivity index (χ0) is 31.9. The van der Waals surface area contributed by atoms with Gasteiger partial charge in [0.15, 0.2) is 5.42 Å². The van der Waals surface area contributed by atoms with Crippen molar-refractivity contribution in [2.75, 3.05) is 0 Å². The Balaban J connectivity index is 1.36. The number of furan rings is 1. The molecular weight excluding hydrogens is 574 g/mol. The first-order valence-corrected chi connectivity index (χ1v) is 15.6. The number of nitrogens with zero attached hydrogens (tertiary/aromatic N) is 3. The van der Waals surface area contributed by atoms with Crippen molar-refractivity contribution in [1.82, 2.24) is 4.57 Å².